The number of rotatable bonds is 0. The van der Waals surface area contributed by atoms with E-state index < -0.39 is 0 Å². The van der Waals surface area contributed by atoms with Crippen LogP contribution in [0.2, 0.25) is 0 Å². The highest BCUT2D eigenvalue weighted by Crippen LogP contribution is 2.17. The molecule has 0 aromatic carbocycles. The van der Waals surface area contributed by atoms with E-state index in [0.29, 0.717) is 0 Å². The summed E-state index contributed by atoms with van der Waals surface area (Å²) >= 11 is 0. The quantitative estimate of drug-likeness (QED) is 0.532. The van der Waals surface area contributed by atoms with Gasteiger partial charge in [0, 0.05) is 29.4 Å². The molecule has 0 aliphatic heterocycles. The highest BCUT2D eigenvalue weighted by atomic mass is 15.2. The van der Waals surface area contributed by atoms with Gasteiger partial charge in [-0.1, -0.05) is 0 Å². The summed E-state index contributed by atoms with van der Waals surface area (Å²) < 4.78 is 1.97. The van der Waals surface area contributed by atoms with Crippen LogP contribution in [-0.4, -0.2) is 19.6 Å². The van der Waals surface area contributed by atoms with Crippen LogP contribution >= 0.6 is 0 Å². The monoisotopic (exact) mass is 184 g/mol. The third kappa shape index (κ3) is 0.849. The zero-order valence-corrected chi connectivity index (χ0v) is 7.68. The number of pyridine rings is 2. The molecule has 14 heavy (non-hydrogen) atoms. The Kier molecular flexibility index (Phi) is 1.33. The fourth-order valence-electron chi connectivity index (χ4n) is 1.63. The van der Waals surface area contributed by atoms with Gasteiger partial charge in [-0.3, -0.25) is 9.38 Å². The highest BCUT2D eigenvalue weighted by molar-refractivity contribution is 5.92. The van der Waals surface area contributed by atoms with E-state index in [4.69, 9.17) is 0 Å². The minimum absolute atomic E-state index is 0.891. The molecule has 3 rings (SSSR count). The molecule has 0 unspecified atom stereocenters. The SMILES string of the molecule is Cc1nnc2c3ccncc3ccn12. The maximum Gasteiger partial charge on any atom is 0.168 e. The summed E-state index contributed by atoms with van der Waals surface area (Å²) in [5.41, 5.74) is 0.891. The summed E-state index contributed by atoms with van der Waals surface area (Å²) in [6, 6.07) is 3.98. The van der Waals surface area contributed by atoms with Crippen molar-refractivity contribution >= 4 is 16.4 Å². The first-order valence-electron chi connectivity index (χ1n) is 4.40. The zero-order chi connectivity index (χ0) is 9.54. The number of hydrogen-bond donors (Lipinski definition) is 0. The molecule has 0 atom stereocenters. The Balaban J connectivity index is 2.61. The van der Waals surface area contributed by atoms with Crippen LogP contribution in [0.25, 0.3) is 16.4 Å². The lowest BCUT2D eigenvalue weighted by atomic mass is 10.2. The smallest absolute Gasteiger partial charge is 0.168 e. The van der Waals surface area contributed by atoms with Crippen LogP contribution in [0.5, 0.6) is 0 Å². The van der Waals surface area contributed by atoms with Crippen LogP contribution in [0, 0.1) is 6.92 Å². The van der Waals surface area contributed by atoms with Crippen molar-refractivity contribution in [3.63, 3.8) is 0 Å². The predicted molar refractivity (Wildman–Crippen MR) is 53.0 cm³/mol. The summed E-state index contributed by atoms with van der Waals surface area (Å²) in [5, 5.41) is 10.3. The lowest BCUT2D eigenvalue weighted by Gasteiger charge is -1.98. The van der Waals surface area contributed by atoms with E-state index in [9.17, 15) is 0 Å². The fraction of sp³-hybridized carbons (Fsp3) is 0.100. The van der Waals surface area contributed by atoms with Crippen LogP contribution in [0.3, 0.4) is 0 Å². The van der Waals surface area contributed by atoms with Gasteiger partial charge in [-0.25, -0.2) is 0 Å². The van der Waals surface area contributed by atoms with Crippen LogP contribution in [-0.2, 0) is 0 Å². The van der Waals surface area contributed by atoms with E-state index in [-0.39, 0.29) is 0 Å². The van der Waals surface area contributed by atoms with E-state index in [2.05, 4.69) is 15.2 Å². The molecule has 3 heterocycles. The molecule has 0 radical (unpaired) electrons. The number of aromatic nitrogens is 4. The van der Waals surface area contributed by atoms with Gasteiger partial charge in [0.15, 0.2) is 5.65 Å². The number of hydrogen-bond acceptors (Lipinski definition) is 3. The van der Waals surface area contributed by atoms with E-state index in [1.54, 1.807) is 6.20 Å². The van der Waals surface area contributed by atoms with Crippen molar-refractivity contribution in [3.8, 4) is 0 Å². The molecule has 0 saturated carbocycles. The Hall–Kier alpha value is -1.97. The standard InChI is InChI=1S/C10H8N4/c1-7-12-13-10-9-2-4-11-6-8(9)3-5-14(7)10/h2-6H,1H3. The second kappa shape index (κ2) is 2.51. The first kappa shape index (κ1) is 7.44. The second-order valence-corrected chi connectivity index (χ2v) is 3.22. The fourth-order valence-corrected chi connectivity index (χ4v) is 1.63. The first-order valence-corrected chi connectivity index (χ1v) is 4.40. The zero-order valence-electron chi connectivity index (χ0n) is 7.68. The Morgan fingerprint density at radius 2 is 2.14 bits per heavy atom. The lowest BCUT2D eigenvalue weighted by Crippen LogP contribution is -1.88. The molecule has 0 N–H and O–H groups in total. The Labute approximate surface area is 80.2 Å². The minimum Gasteiger partial charge on any atom is -0.286 e. The van der Waals surface area contributed by atoms with Crippen LogP contribution in [0.4, 0.5) is 0 Å². The molecular weight excluding hydrogens is 176 g/mol. The maximum atomic E-state index is 4.13. The van der Waals surface area contributed by atoms with Gasteiger partial charge < -0.3 is 0 Å². The van der Waals surface area contributed by atoms with Crippen molar-refractivity contribution in [1.29, 1.82) is 0 Å². The average Bonchev–Trinajstić information content (AvgIpc) is 2.61. The third-order valence-electron chi connectivity index (χ3n) is 2.36. The molecule has 4 heteroatoms. The Bertz CT molecular complexity index is 612. The molecule has 0 aliphatic carbocycles. The van der Waals surface area contributed by atoms with Crippen molar-refractivity contribution in [2.45, 2.75) is 6.92 Å². The molecule has 4 nitrogen and oxygen atoms in total. The number of aryl methyl sites for hydroxylation is 1. The molecule has 0 amide bonds. The Morgan fingerprint density at radius 3 is 3.07 bits per heavy atom. The van der Waals surface area contributed by atoms with Gasteiger partial charge in [0.25, 0.3) is 0 Å². The molecule has 0 fully saturated rings. The summed E-state index contributed by atoms with van der Waals surface area (Å²) in [6.45, 7) is 1.94. The van der Waals surface area contributed by atoms with Crippen molar-refractivity contribution < 1.29 is 0 Å². The van der Waals surface area contributed by atoms with Crippen LogP contribution in [0.15, 0.2) is 30.7 Å². The van der Waals surface area contributed by atoms with Crippen molar-refractivity contribution in [2.24, 2.45) is 0 Å². The summed E-state index contributed by atoms with van der Waals surface area (Å²) in [4.78, 5) is 4.07. The molecule has 0 bridgehead atoms. The van der Waals surface area contributed by atoms with Crippen molar-refractivity contribution in [2.75, 3.05) is 0 Å². The molecule has 68 valence electrons. The molecule has 0 spiro atoms. The normalized spacial score (nSPS) is 11.2. The van der Waals surface area contributed by atoms with E-state index in [0.717, 1.165) is 22.2 Å². The largest absolute Gasteiger partial charge is 0.286 e. The van der Waals surface area contributed by atoms with E-state index >= 15 is 0 Å². The second-order valence-electron chi connectivity index (χ2n) is 3.22. The topological polar surface area (TPSA) is 43.1 Å². The summed E-state index contributed by atoms with van der Waals surface area (Å²) in [7, 11) is 0. The Morgan fingerprint density at radius 1 is 1.21 bits per heavy atom. The van der Waals surface area contributed by atoms with Gasteiger partial charge >= 0.3 is 0 Å². The van der Waals surface area contributed by atoms with Gasteiger partial charge in [-0.05, 0) is 19.1 Å². The van der Waals surface area contributed by atoms with Gasteiger partial charge in [0.2, 0.25) is 0 Å². The van der Waals surface area contributed by atoms with Gasteiger partial charge in [-0.2, -0.15) is 0 Å². The first-order chi connectivity index (χ1) is 6.86. The van der Waals surface area contributed by atoms with E-state index in [1.807, 2.05) is 35.9 Å². The molecule has 0 saturated heterocycles. The van der Waals surface area contributed by atoms with Crippen molar-refractivity contribution in [1.82, 2.24) is 19.6 Å². The highest BCUT2D eigenvalue weighted by Gasteiger charge is 2.04. The molecule has 0 aliphatic rings. The minimum atomic E-state index is 0.891. The van der Waals surface area contributed by atoms with Crippen LogP contribution < -0.4 is 0 Å². The maximum absolute atomic E-state index is 4.13. The molecule has 3 aromatic rings. The third-order valence-corrected chi connectivity index (χ3v) is 2.36. The molecular formula is C10H8N4. The summed E-state index contributed by atoms with van der Waals surface area (Å²) in [5.74, 6) is 0.902. The predicted octanol–water partition coefficient (Wildman–Crippen LogP) is 1.59. The lowest BCUT2D eigenvalue weighted by molar-refractivity contribution is 1.01. The van der Waals surface area contributed by atoms with Gasteiger partial charge in [0.05, 0.1) is 0 Å². The number of fused-ring (bicyclic) bond motifs is 3. The summed E-state index contributed by atoms with van der Waals surface area (Å²) in [6.07, 6.45) is 5.57. The molecule has 3 aromatic heterocycles. The van der Waals surface area contributed by atoms with Crippen LogP contribution in [0.1, 0.15) is 5.82 Å². The van der Waals surface area contributed by atoms with Gasteiger partial charge in [-0.15, -0.1) is 10.2 Å². The van der Waals surface area contributed by atoms with Gasteiger partial charge in [0.1, 0.15) is 5.82 Å². The number of nitrogens with zero attached hydrogens (tertiary/aromatic N) is 4. The average molecular weight is 184 g/mol. The van der Waals surface area contributed by atoms with Crippen molar-refractivity contribution in [3.05, 3.63) is 36.5 Å². The van der Waals surface area contributed by atoms with E-state index in [1.165, 1.54) is 0 Å².